The first-order chi connectivity index (χ1) is 19.7. The van der Waals surface area contributed by atoms with Gasteiger partial charge < -0.3 is 29.2 Å². The van der Waals surface area contributed by atoms with Gasteiger partial charge in [0.15, 0.2) is 0 Å². The number of pyridine rings is 1. The molecule has 2 saturated heterocycles. The monoisotopic (exact) mass is 575 g/mol. The van der Waals surface area contributed by atoms with Crippen molar-refractivity contribution in [2.45, 2.75) is 31.3 Å². The summed E-state index contributed by atoms with van der Waals surface area (Å²) >= 11 is 0. The van der Waals surface area contributed by atoms with Crippen LogP contribution in [0.15, 0.2) is 55.0 Å². The first kappa shape index (κ1) is 28.2. The number of methoxy groups -OCH3 is 1. The minimum atomic E-state index is -4.39. The fourth-order valence-electron chi connectivity index (χ4n) is 4.44. The molecule has 0 saturated carbocycles. The van der Waals surface area contributed by atoms with Gasteiger partial charge in [-0.1, -0.05) is 0 Å². The van der Waals surface area contributed by atoms with E-state index in [0.29, 0.717) is 49.2 Å². The molecule has 5 rings (SSSR count). The molecule has 2 aliphatic rings. The normalized spacial score (nSPS) is 19.0. The molecule has 0 spiro atoms. The van der Waals surface area contributed by atoms with E-state index in [4.69, 9.17) is 18.9 Å². The third-order valence-electron chi connectivity index (χ3n) is 6.65. The molecule has 14 heteroatoms. The summed E-state index contributed by atoms with van der Waals surface area (Å²) in [6, 6.07) is 7.86. The molecule has 0 unspecified atom stereocenters. The summed E-state index contributed by atoms with van der Waals surface area (Å²) in [6.07, 6.45) is -0.453. The first-order valence-electron chi connectivity index (χ1n) is 12.9. The highest BCUT2D eigenvalue weighted by Crippen LogP contribution is 2.30. The van der Waals surface area contributed by atoms with Crippen LogP contribution in [-0.4, -0.2) is 77.1 Å². The van der Waals surface area contributed by atoms with Crippen molar-refractivity contribution < 1.29 is 41.7 Å². The fraction of sp³-hybridized carbons (Fsp3) is 0.407. The summed E-state index contributed by atoms with van der Waals surface area (Å²) in [5, 5.41) is 6.90. The Morgan fingerprint density at radius 3 is 2.66 bits per heavy atom. The van der Waals surface area contributed by atoms with Crippen LogP contribution >= 0.6 is 0 Å². The molecule has 2 atom stereocenters. The molecule has 2 aromatic heterocycles. The summed E-state index contributed by atoms with van der Waals surface area (Å²) in [7, 11) is 1.51. The number of ether oxygens (including phenoxy) is 4. The molecule has 1 aromatic carbocycles. The SMILES string of the molecule is COc1cc(O[C@@H]2CO[C@@H](C(=O)Nc3cnn(CC(=O)N4CC(COc5ccc(C(F)(F)F)cc5)C4)c3)C2)ccn1. The summed E-state index contributed by atoms with van der Waals surface area (Å²) in [5.41, 5.74) is -0.304. The molecule has 218 valence electrons. The molecule has 3 aromatic rings. The quantitative estimate of drug-likeness (QED) is 0.392. The van der Waals surface area contributed by atoms with Gasteiger partial charge in [-0.25, -0.2) is 4.98 Å². The molecule has 2 amide bonds. The van der Waals surface area contributed by atoms with Crippen LogP contribution in [0.3, 0.4) is 0 Å². The van der Waals surface area contributed by atoms with Crippen LogP contribution in [0.5, 0.6) is 17.4 Å². The van der Waals surface area contributed by atoms with Crippen molar-refractivity contribution in [1.82, 2.24) is 19.7 Å². The molecule has 1 N–H and O–H groups in total. The van der Waals surface area contributed by atoms with Crippen LogP contribution in [0.2, 0.25) is 0 Å². The predicted octanol–water partition coefficient (Wildman–Crippen LogP) is 3.02. The van der Waals surface area contributed by atoms with Crippen molar-refractivity contribution in [2.24, 2.45) is 5.92 Å². The summed E-state index contributed by atoms with van der Waals surface area (Å²) < 4.78 is 61.6. The van der Waals surface area contributed by atoms with Gasteiger partial charge in [0.25, 0.3) is 5.91 Å². The number of nitrogens with one attached hydrogen (secondary N) is 1. The summed E-state index contributed by atoms with van der Waals surface area (Å²) in [6.45, 7) is 1.48. The lowest BCUT2D eigenvalue weighted by molar-refractivity contribution is -0.139. The van der Waals surface area contributed by atoms with Crippen LogP contribution in [0.25, 0.3) is 0 Å². The number of rotatable bonds is 10. The van der Waals surface area contributed by atoms with Gasteiger partial charge in [-0.3, -0.25) is 14.3 Å². The number of benzene rings is 1. The summed E-state index contributed by atoms with van der Waals surface area (Å²) in [5.74, 6) is 0.919. The third-order valence-corrected chi connectivity index (χ3v) is 6.65. The maximum absolute atomic E-state index is 12.7. The Hall–Kier alpha value is -4.33. The van der Waals surface area contributed by atoms with E-state index in [1.807, 2.05) is 0 Å². The predicted molar refractivity (Wildman–Crippen MR) is 137 cm³/mol. The zero-order valence-corrected chi connectivity index (χ0v) is 22.0. The lowest BCUT2D eigenvalue weighted by atomic mass is 10.0. The minimum Gasteiger partial charge on any atom is -0.493 e. The van der Waals surface area contributed by atoms with Gasteiger partial charge >= 0.3 is 6.18 Å². The second-order valence-electron chi connectivity index (χ2n) is 9.75. The van der Waals surface area contributed by atoms with Gasteiger partial charge in [0.1, 0.15) is 30.3 Å². The van der Waals surface area contributed by atoms with Crippen molar-refractivity contribution in [3.8, 4) is 17.4 Å². The van der Waals surface area contributed by atoms with Gasteiger partial charge in [0, 0.05) is 43.9 Å². The Kier molecular flexibility index (Phi) is 8.28. The van der Waals surface area contributed by atoms with Crippen LogP contribution in [0.4, 0.5) is 18.9 Å². The molecule has 41 heavy (non-hydrogen) atoms. The Bertz CT molecular complexity index is 1360. The zero-order valence-electron chi connectivity index (χ0n) is 22.0. The number of nitrogens with zero attached hydrogens (tertiary/aromatic N) is 4. The highest BCUT2D eigenvalue weighted by Gasteiger charge is 2.34. The van der Waals surface area contributed by atoms with E-state index < -0.39 is 17.8 Å². The number of anilines is 1. The van der Waals surface area contributed by atoms with Crippen LogP contribution in [0.1, 0.15) is 12.0 Å². The molecule has 0 bridgehead atoms. The van der Waals surface area contributed by atoms with Crippen LogP contribution < -0.4 is 19.5 Å². The second kappa shape index (κ2) is 12.0. The number of halogens is 3. The van der Waals surface area contributed by atoms with Gasteiger partial charge in [-0.2, -0.15) is 18.3 Å². The lowest BCUT2D eigenvalue weighted by Crippen LogP contribution is -2.53. The number of carbonyl (C=O) groups excluding carboxylic acids is 2. The number of hydrogen-bond donors (Lipinski definition) is 1. The average Bonchev–Trinajstić information content (AvgIpc) is 3.57. The molecule has 4 heterocycles. The maximum Gasteiger partial charge on any atom is 0.416 e. The molecule has 0 aliphatic carbocycles. The number of amides is 2. The molecule has 2 fully saturated rings. The minimum absolute atomic E-state index is 0.00636. The number of aromatic nitrogens is 3. The van der Waals surface area contributed by atoms with Crippen molar-refractivity contribution in [2.75, 3.05) is 38.7 Å². The van der Waals surface area contributed by atoms with Gasteiger partial charge in [-0.15, -0.1) is 0 Å². The molecular weight excluding hydrogens is 547 g/mol. The molecule has 2 aliphatic heterocycles. The third kappa shape index (κ3) is 7.25. The molecule has 11 nitrogen and oxygen atoms in total. The Morgan fingerprint density at radius 1 is 1.15 bits per heavy atom. The van der Waals surface area contributed by atoms with E-state index in [-0.39, 0.29) is 37.0 Å². The number of likely N-dealkylation sites (tertiary alicyclic amines) is 1. The van der Waals surface area contributed by atoms with Gasteiger partial charge in [0.05, 0.1) is 37.8 Å². The maximum atomic E-state index is 12.7. The molecule has 0 radical (unpaired) electrons. The van der Waals surface area contributed by atoms with Gasteiger partial charge in [-0.05, 0) is 30.3 Å². The fourth-order valence-corrected chi connectivity index (χ4v) is 4.44. The highest BCUT2D eigenvalue weighted by atomic mass is 19.4. The van der Waals surface area contributed by atoms with Crippen molar-refractivity contribution in [3.63, 3.8) is 0 Å². The highest BCUT2D eigenvalue weighted by molar-refractivity contribution is 5.94. The van der Waals surface area contributed by atoms with Crippen LogP contribution in [0, 0.1) is 5.92 Å². The van der Waals surface area contributed by atoms with E-state index in [1.165, 1.54) is 30.1 Å². The van der Waals surface area contributed by atoms with E-state index in [9.17, 15) is 22.8 Å². The van der Waals surface area contributed by atoms with E-state index in [2.05, 4.69) is 15.4 Å². The smallest absolute Gasteiger partial charge is 0.416 e. The summed E-state index contributed by atoms with van der Waals surface area (Å²) in [4.78, 5) is 30.9. The Balaban J connectivity index is 1.01. The average molecular weight is 576 g/mol. The lowest BCUT2D eigenvalue weighted by Gasteiger charge is -2.39. The van der Waals surface area contributed by atoms with Gasteiger partial charge in [0.2, 0.25) is 11.8 Å². The van der Waals surface area contributed by atoms with Crippen molar-refractivity contribution in [1.29, 1.82) is 0 Å². The molecular formula is C27H28F3N5O6. The van der Waals surface area contributed by atoms with E-state index in [0.717, 1.165) is 12.1 Å². The topological polar surface area (TPSA) is 117 Å². The van der Waals surface area contributed by atoms with Crippen LogP contribution in [-0.2, 0) is 27.0 Å². The van der Waals surface area contributed by atoms with E-state index in [1.54, 1.807) is 29.4 Å². The first-order valence-corrected chi connectivity index (χ1v) is 12.9. The second-order valence-corrected chi connectivity index (χ2v) is 9.75. The number of alkyl halides is 3. The Morgan fingerprint density at radius 2 is 1.93 bits per heavy atom. The number of hydrogen-bond acceptors (Lipinski definition) is 8. The largest absolute Gasteiger partial charge is 0.493 e. The number of carbonyl (C=O) groups is 2. The Labute approximate surface area is 233 Å². The van der Waals surface area contributed by atoms with E-state index >= 15 is 0 Å². The van der Waals surface area contributed by atoms with Crippen molar-refractivity contribution in [3.05, 3.63) is 60.6 Å². The standard InChI is InChI=1S/C27H28F3N5O6/c1-38-24-9-21(6-7-31-24)41-22-8-23(40-16-22)26(37)33-19-10-32-35(13-19)14-25(36)34-11-17(12-34)15-39-20-4-2-18(3-5-20)27(28,29)30/h2-7,9-10,13,17,22-23H,8,11-12,14-16H2,1H3,(H,33,37)/t22-,23+/m0/s1. The van der Waals surface area contributed by atoms with Crippen molar-refractivity contribution >= 4 is 17.5 Å². The zero-order chi connectivity index (χ0) is 29.0.